The van der Waals surface area contributed by atoms with Gasteiger partial charge in [-0.2, -0.15) is 0 Å². The van der Waals surface area contributed by atoms with Gasteiger partial charge in [-0.05, 0) is 50.7 Å². The van der Waals surface area contributed by atoms with Crippen molar-refractivity contribution in [2.45, 2.75) is 83.8 Å². The van der Waals surface area contributed by atoms with Crippen molar-refractivity contribution < 1.29 is 8.91 Å². The maximum Gasteiger partial charge on any atom is 0.439 e. The Hall–Kier alpha value is -3.63. The van der Waals surface area contributed by atoms with E-state index in [-0.39, 0.29) is 34.9 Å². The number of pyridine rings is 1. The Morgan fingerprint density at radius 3 is 2.46 bits per heavy atom. The van der Waals surface area contributed by atoms with Gasteiger partial charge in [0.1, 0.15) is 5.52 Å². The van der Waals surface area contributed by atoms with Crippen molar-refractivity contribution in [1.29, 1.82) is 0 Å². The average molecular weight is 537 g/mol. The van der Waals surface area contributed by atoms with Crippen LogP contribution >= 0.6 is 0 Å². The fourth-order valence-electron chi connectivity index (χ4n) is 5.40. The predicted octanol–water partition coefficient (Wildman–Crippen LogP) is 5.52. The van der Waals surface area contributed by atoms with Crippen molar-refractivity contribution >= 4 is 17.0 Å². The van der Waals surface area contributed by atoms with Crippen LogP contribution in [0, 0.1) is 11.8 Å². The summed E-state index contributed by atoms with van der Waals surface area (Å²) in [5.74, 6) is 1.70. The SMILES string of the molecule is CC(Nc1nc(-c2noc(=O)[nH]2)nc2nc(C(C)(F)c3ccccn3)n(C)c12)C1CCC1.CC1CCCCC1. The number of rotatable bonds is 6. The summed E-state index contributed by atoms with van der Waals surface area (Å²) in [6, 6.07) is 5.23. The first-order valence-electron chi connectivity index (χ1n) is 13.9. The standard InChI is InChI=1S/C21H23FN8O2.C7H14/c1-11(12-7-6-8-12)24-15-14-16(26-17(25-15)18-28-20(31)32-29-18)27-19(30(14)3)21(2,22)13-9-4-5-10-23-13;1-7-5-3-2-4-6-7/h4-5,9-12H,6-8H2,1-3H3,(H,24,25,26)(H,28,29,31);7H,2-6H2,1H3. The van der Waals surface area contributed by atoms with Gasteiger partial charge in [-0.3, -0.25) is 14.5 Å². The predicted molar refractivity (Wildman–Crippen MR) is 147 cm³/mol. The number of hydrogen-bond donors (Lipinski definition) is 2. The van der Waals surface area contributed by atoms with Crippen molar-refractivity contribution in [3.8, 4) is 11.6 Å². The van der Waals surface area contributed by atoms with E-state index in [1.54, 1.807) is 36.0 Å². The summed E-state index contributed by atoms with van der Waals surface area (Å²) >= 11 is 0. The van der Waals surface area contributed by atoms with Crippen LogP contribution in [0.1, 0.15) is 83.7 Å². The van der Waals surface area contributed by atoms with Crippen LogP contribution < -0.4 is 11.1 Å². The molecule has 0 spiro atoms. The Balaban J connectivity index is 0.000000384. The van der Waals surface area contributed by atoms with Gasteiger partial charge in [-0.25, -0.2) is 24.1 Å². The molecule has 10 nitrogen and oxygen atoms in total. The minimum absolute atomic E-state index is 0.0798. The molecule has 2 atom stereocenters. The molecule has 2 aliphatic carbocycles. The van der Waals surface area contributed by atoms with E-state index in [2.05, 4.69) is 53.8 Å². The number of halogens is 1. The number of fused-ring (bicyclic) bond motifs is 1. The molecular formula is C28H37FN8O2. The first-order valence-corrected chi connectivity index (χ1v) is 13.9. The quantitative estimate of drug-likeness (QED) is 0.330. The number of nitrogens with one attached hydrogen (secondary N) is 2. The van der Waals surface area contributed by atoms with Crippen LogP contribution in [0.25, 0.3) is 22.8 Å². The van der Waals surface area contributed by atoms with E-state index in [1.165, 1.54) is 45.4 Å². The fourth-order valence-corrected chi connectivity index (χ4v) is 5.40. The number of H-pyrrole nitrogens is 1. The Morgan fingerprint density at radius 1 is 1.13 bits per heavy atom. The molecule has 39 heavy (non-hydrogen) atoms. The van der Waals surface area contributed by atoms with Gasteiger partial charge in [0.2, 0.25) is 17.3 Å². The van der Waals surface area contributed by atoms with Crippen molar-refractivity contribution in [3.05, 3.63) is 46.5 Å². The second-order valence-corrected chi connectivity index (χ2v) is 11.1. The van der Waals surface area contributed by atoms with Gasteiger partial charge >= 0.3 is 5.76 Å². The van der Waals surface area contributed by atoms with Gasteiger partial charge in [-0.1, -0.05) is 56.7 Å². The van der Waals surface area contributed by atoms with Crippen molar-refractivity contribution in [2.75, 3.05) is 5.32 Å². The van der Waals surface area contributed by atoms with Gasteiger partial charge in [-0.15, -0.1) is 0 Å². The largest absolute Gasteiger partial charge is 0.439 e. The summed E-state index contributed by atoms with van der Waals surface area (Å²) < 4.78 is 22.2. The van der Waals surface area contributed by atoms with Crippen LogP contribution in [0.3, 0.4) is 0 Å². The van der Waals surface area contributed by atoms with Crippen LogP contribution in [-0.4, -0.2) is 40.7 Å². The van der Waals surface area contributed by atoms with E-state index < -0.39 is 11.4 Å². The maximum atomic E-state index is 16.0. The number of aryl methyl sites for hydroxylation is 1. The molecule has 2 saturated carbocycles. The third kappa shape index (κ3) is 5.72. The molecule has 0 aliphatic heterocycles. The third-order valence-corrected chi connectivity index (χ3v) is 8.06. The summed E-state index contributed by atoms with van der Waals surface area (Å²) in [5.41, 5.74) is -0.888. The number of nitrogens with zero attached hydrogens (tertiary/aromatic N) is 6. The Morgan fingerprint density at radius 2 is 1.90 bits per heavy atom. The molecule has 2 unspecified atom stereocenters. The van der Waals surface area contributed by atoms with Crippen LogP contribution in [-0.2, 0) is 12.7 Å². The summed E-state index contributed by atoms with van der Waals surface area (Å²) in [5, 5.41) is 7.14. The molecule has 6 rings (SSSR count). The molecule has 2 fully saturated rings. The lowest BCUT2D eigenvalue weighted by atomic mass is 9.80. The smallest absolute Gasteiger partial charge is 0.365 e. The van der Waals surface area contributed by atoms with Crippen molar-refractivity contribution in [1.82, 2.24) is 34.6 Å². The molecule has 0 bridgehead atoms. The summed E-state index contributed by atoms with van der Waals surface area (Å²) in [4.78, 5) is 31.6. The Kier molecular flexibility index (Phi) is 7.76. The van der Waals surface area contributed by atoms with Crippen molar-refractivity contribution in [3.63, 3.8) is 0 Å². The zero-order valence-corrected chi connectivity index (χ0v) is 23.1. The van der Waals surface area contributed by atoms with Gasteiger partial charge < -0.3 is 9.88 Å². The molecule has 0 amide bonds. The topological polar surface area (TPSA) is 127 Å². The highest BCUT2D eigenvalue weighted by Gasteiger charge is 2.36. The molecule has 2 N–H and O–H groups in total. The van der Waals surface area contributed by atoms with E-state index in [0.717, 1.165) is 18.8 Å². The fraction of sp³-hybridized carbons (Fsp3) is 0.571. The lowest BCUT2D eigenvalue weighted by Crippen LogP contribution is -2.31. The summed E-state index contributed by atoms with van der Waals surface area (Å²) in [6.07, 6.45) is 12.5. The number of aromatic nitrogens is 7. The minimum atomic E-state index is -1.96. The molecule has 0 saturated heterocycles. The van der Waals surface area contributed by atoms with Crippen LogP contribution in [0.5, 0.6) is 0 Å². The molecule has 11 heteroatoms. The normalized spacial score (nSPS) is 18.6. The van der Waals surface area contributed by atoms with Crippen molar-refractivity contribution in [2.24, 2.45) is 18.9 Å². The monoisotopic (exact) mass is 536 g/mol. The van der Waals surface area contributed by atoms with Crippen LogP contribution in [0.2, 0.25) is 0 Å². The van der Waals surface area contributed by atoms with E-state index in [1.807, 2.05) is 0 Å². The molecular weight excluding hydrogens is 499 g/mol. The molecule has 4 heterocycles. The number of alkyl halides is 1. The number of aromatic amines is 1. The first kappa shape index (κ1) is 27.0. The highest BCUT2D eigenvalue weighted by molar-refractivity contribution is 5.85. The van der Waals surface area contributed by atoms with Crippen LogP contribution in [0.4, 0.5) is 10.2 Å². The van der Waals surface area contributed by atoms with E-state index >= 15 is 4.39 Å². The van der Waals surface area contributed by atoms with E-state index in [0.29, 0.717) is 17.3 Å². The molecule has 0 radical (unpaired) electrons. The second kappa shape index (κ2) is 11.2. The Bertz CT molecular complexity index is 1450. The summed E-state index contributed by atoms with van der Waals surface area (Å²) in [6.45, 7) is 5.88. The maximum absolute atomic E-state index is 16.0. The lowest BCUT2D eigenvalue weighted by Gasteiger charge is -2.32. The van der Waals surface area contributed by atoms with Crippen LogP contribution in [0.15, 0.2) is 33.7 Å². The molecule has 4 aromatic rings. The highest BCUT2D eigenvalue weighted by Crippen LogP contribution is 2.36. The highest BCUT2D eigenvalue weighted by atomic mass is 19.1. The number of anilines is 1. The minimum Gasteiger partial charge on any atom is -0.365 e. The van der Waals surface area contributed by atoms with Gasteiger partial charge in [0.05, 0.1) is 5.69 Å². The molecule has 2 aliphatic rings. The number of hydrogen-bond acceptors (Lipinski definition) is 8. The van der Waals surface area contributed by atoms with E-state index in [4.69, 9.17) is 0 Å². The third-order valence-electron chi connectivity index (χ3n) is 8.06. The lowest BCUT2D eigenvalue weighted by molar-refractivity contribution is 0.224. The molecule has 4 aromatic heterocycles. The average Bonchev–Trinajstić information content (AvgIpc) is 3.48. The zero-order chi connectivity index (χ0) is 27.6. The number of imidazole rings is 1. The van der Waals surface area contributed by atoms with Gasteiger partial charge in [0.15, 0.2) is 17.3 Å². The first-order chi connectivity index (χ1) is 18.7. The summed E-state index contributed by atoms with van der Waals surface area (Å²) in [7, 11) is 1.73. The second-order valence-electron chi connectivity index (χ2n) is 11.1. The molecule has 208 valence electrons. The van der Waals surface area contributed by atoms with Gasteiger partial charge in [0.25, 0.3) is 0 Å². The van der Waals surface area contributed by atoms with Gasteiger partial charge in [0, 0.05) is 19.3 Å². The van der Waals surface area contributed by atoms with E-state index in [9.17, 15) is 4.79 Å². The Labute approximate surface area is 226 Å². The zero-order valence-electron chi connectivity index (χ0n) is 23.1. The molecule has 0 aromatic carbocycles.